The van der Waals surface area contributed by atoms with Crippen LogP contribution < -0.4 is 15.4 Å². The molecule has 1 aromatic rings. The number of hydrogen-bond donors (Lipinski definition) is 2. The van der Waals surface area contributed by atoms with Gasteiger partial charge >= 0.3 is 0 Å². The second-order valence-electron chi connectivity index (χ2n) is 4.01. The van der Waals surface area contributed by atoms with Gasteiger partial charge in [0.1, 0.15) is 5.75 Å². The summed E-state index contributed by atoms with van der Waals surface area (Å²) in [5.74, 6) is 0.446. The molecule has 0 heterocycles. The standard InChI is InChI=1S/C13H19BrN2O2/c1-4-15-9(2)8-16-13(17)11-6-5-10(14)7-12(11)18-3/h5-7,9,15H,4,8H2,1-3H3,(H,16,17)/t9-/m1/s1. The van der Waals surface area contributed by atoms with Crippen LogP contribution in [0.1, 0.15) is 24.2 Å². The molecular formula is C13H19BrN2O2. The van der Waals surface area contributed by atoms with Crippen LogP contribution in [0.15, 0.2) is 22.7 Å². The summed E-state index contributed by atoms with van der Waals surface area (Å²) in [5, 5.41) is 6.12. The van der Waals surface area contributed by atoms with Gasteiger partial charge in [0.15, 0.2) is 0 Å². The molecular weight excluding hydrogens is 296 g/mol. The Hall–Kier alpha value is -1.07. The van der Waals surface area contributed by atoms with Gasteiger partial charge < -0.3 is 15.4 Å². The van der Waals surface area contributed by atoms with Gasteiger partial charge in [0, 0.05) is 17.1 Å². The van der Waals surface area contributed by atoms with Gasteiger partial charge in [-0.15, -0.1) is 0 Å². The van der Waals surface area contributed by atoms with Crippen molar-refractivity contribution in [3.05, 3.63) is 28.2 Å². The Morgan fingerprint density at radius 3 is 2.83 bits per heavy atom. The molecule has 0 aliphatic carbocycles. The maximum absolute atomic E-state index is 12.0. The fourth-order valence-corrected chi connectivity index (χ4v) is 1.95. The van der Waals surface area contributed by atoms with E-state index in [4.69, 9.17) is 4.74 Å². The van der Waals surface area contributed by atoms with E-state index in [1.807, 2.05) is 19.9 Å². The smallest absolute Gasteiger partial charge is 0.255 e. The Morgan fingerprint density at radius 1 is 1.50 bits per heavy atom. The van der Waals surface area contributed by atoms with Crippen molar-refractivity contribution >= 4 is 21.8 Å². The normalized spacial score (nSPS) is 12.0. The van der Waals surface area contributed by atoms with E-state index >= 15 is 0 Å². The highest BCUT2D eigenvalue weighted by Crippen LogP contribution is 2.23. The van der Waals surface area contributed by atoms with Crippen LogP contribution in [0, 0.1) is 0 Å². The van der Waals surface area contributed by atoms with Gasteiger partial charge in [-0.3, -0.25) is 4.79 Å². The van der Waals surface area contributed by atoms with Crippen LogP contribution in [-0.2, 0) is 0 Å². The van der Waals surface area contributed by atoms with E-state index in [1.54, 1.807) is 19.2 Å². The van der Waals surface area contributed by atoms with Crippen LogP contribution >= 0.6 is 15.9 Å². The topological polar surface area (TPSA) is 50.4 Å². The fourth-order valence-electron chi connectivity index (χ4n) is 1.61. The highest BCUT2D eigenvalue weighted by atomic mass is 79.9. The number of rotatable bonds is 6. The van der Waals surface area contributed by atoms with E-state index in [2.05, 4.69) is 26.6 Å². The van der Waals surface area contributed by atoms with Crippen molar-refractivity contribution in [2.24, 2.45) is 0 Å². The quantitative estimate of drug-likeness (QED) is 0.846. The van der Waals surface area contributed by atoms with E-state index in [9.17, 15) is 4.79 Å². The van der Waals surface area contributed by atoms with Crippen LogP contribution in [0.5, 0.6) is 5.75 Å². The van der Waals surface area contributed by atoms with Crippen LogP contribution in [0.4, 0.5) is 0 Å². The number of carbonyl (C=O) groups is 1. The number of methoxy groups -OCH3 is 1. The maximum Gasteiger partial charge on any atom is 0.255 e. The van der Waals surface area contributed by atoms with E-state index in [0.29, 0.717) is 17.9 Å². The molecule has 4 nitrogen and oxygen atoms in total. The van der Waals surface area contributed by atoms with Gasteiger partial charge in [-0.1, -0.05) is 22.9 Å². The number of benzene rings is 1. The molecule has 0 aliphatic heterocycles. The zero-order chi connectivity index (χ0) is 13.5. The van der Waals surface area contributed by atoms with Gasteiger partial charge in [-0.05, 0) is 31.7 Å². The largest absolute Gasteiger partial charge is 0.496 e. The zero-order valence-corrected chi connectivity index (χ0v) is 12.5. The summed E-state index contributed by atoms with van der Waals surface area (Å²) in [6, 6.07) is 5.60. The molecule has 0 saturated heterocycles. The first-order chi connectivity index (χ1) is 8.58. The lowest BCUT2D eigenvalue weighted by Gasteiger charge is -2.14. The number of ether oxygens (including phenoxy) is 1. The number of halogens is 1. The Labute approximate surface area is 116 Å². The third kappa shape index (κ3) is 4.31. The second kappa shape index (κ2) is 7.38. The predicted octanol–water partition coefficient (Wildman–Crippen LogP) is 2.19. The molecule has 1 rings (SSSR count). The van der Waals surface area contributed by atoms with Crippen molar-refractivity contribution in [2.45, 2.75) is 19.9 Å². The lowest BCUT2D eigenvalue weighted by atomic mass is 10.2. The maximum atomic E-state index is 12.0. The molecule has 0 aromatic heterocycles. The van der Waals surface area contributed by atoms with Crippen LogP contribution in [0.2, 0.25) is 0 Å². The minimum atomic E-state index is -0.121. The van der Waals surface area contributed by atoms with E-state index in [-0.39, 0.29) is 11.9 Å². The van der Waals surface area contributed by atoms with Crippen molar-refractivity contribution < 1.29 is 9.53 Å². The Bertz CT molecular complexity index is 410. The molecule has 0 bridgehead atoms. The molecule has 0 radical (unpaired) electrons. The summed E-state index contributed by atoms with van der Waals surface area (Å²) in [4.78, 5) is 12.0. The summed E-state index contributed by atoms with van der Waals surface area (Å²) in [7, 11) is 1.56. The average Bonchev–Trinajstić information content (AvgIpc) is 2.36. The van der Waals surface area contributed by atoms with Crippen LogP contribution in [0.25, 0.3) is 0 Å². The van der Waals surface area contributed by atoms with Gasteiger partial charge in [-0.2, -0.15) is 0 Å². The third-order valence-corrected chi connectivity index (χ3v) is 3.02. The molecule has 2 N–H and O–H groups in total. The SMILES string of the molecule is CCN[C@H](C)CNC(=O)c1ccc(Br)cc1OC. The molecule has 0 unspecified atom stereocenters. The summed E-state index contributed by atoms with van der Waals surface area (Å²) < 4.78 is 6.08. The predicted molar refractivity (Wildman–Crippen MR) is 76.2 cm³/mol. The number of hydrogen-bond acceptors (Lipinski definition) is 3. The highest BCUT2D eigenvalue weighted by molar-refractivity contribution is 9.10. The Morgan fingerprint density at radius 2 is 2.22 bits per heavy atom. The first-order valence-corrected chi connectivity index (χ1v) is 6.72. The van der Waals surface area contributed by atoms with Crippen molar-refractivity contribution in [3.8, 4) is 5.75 Å². The molecule has 0 fully saturated rings. The lowest BCUT2D eigenvalue weighted by Crippen LogP contribution is -2.38. The highest BCUT2D eigenvalue weighted by Gasteiger charge is 2.12. The van der Waals surface area contributed by atoms with Crippen LogP contribution in [0.3, 0.4) is 0 Å². The molecule has 18 heavy (non-hydrogen) atoms. The number of likely N-dealkylation sites (N-methyl/N-ethyl adjacent to an activating group) is 1. The van der Waals surface area contributed by atoms with Gasteiger partial charge in [0.2, 0.25) is 0 Å². The van der Waals surface area contributed by atoms with E-state index in [1.165, 1.54) is 0 Å². The van der Waals surface area contributed by atoms with E-state index in [0.717, 1.165) is 11.0 Å². The minimum Gasteiger partial charge on any atom is -0.496 e. The summed E-state index contributed by atoms with van der Waals surface area (Å²) >= 11 is 3.35. The van der Waals surface area contributed by atoms with Gasteiger partial charge in [0.05, 0.1) is 12.7 Å². The molecule has 1 amide bonds. The van der Waals surface area contributed by atoms with Crippen molar-refractivity contribution in [1.29, 1.82) is 0 Å². The molecule has 1 aromatic carbocycles. The zero-order valence-electron chi connectivity index (χ0n) is 10.9. The van der Waals surface area contributed by atoms with Crippen molar-refractivity contribution in [2.75, 3.05) is 20.2 Å². The molecule has 5 heteroatoms. The Kier molecular flexibility index (Phi) is 6.15. The summed E-state index contributed by atoms with van der Waals surface area (Å²) in [6.07, 6.45) is 0. The number of carbonyl (C=O) groups excluding carboxylic acids is 1. The third-order valence-electron chi connectivity index (χ3n) is 2.53. The lowest BCUT2D eigenvalue weighted by molar-refractivity contribution is 0.0947. The number of amides is 1. The fraction of sp³-hybridized carbons (Fsp3) is 0.462. The van der Waals surface area contributed by atoms with Crippen molar-refractivity contribution in [3.63, 3.8) is 0 Å². The molecule has 0 spiro atoms. The molecule has 0 saturated carbocycles. The molecule has 0 aliphatic rings. The average molecular weight is 315 g/mol. The number of nitrogens with one attached hydrogen (secondary N) is 2. The summed E-state index contributed by atoms with van der Waals surface area (Å²) in [5.41, 5.74) is 0.546. The molecule has 1 atom stereocenters. The van der Waals surface area contributed by atoms with Crippen molar-refractivity contribution in [1.82, 2.24) is 10.6 Å². The van der Waals surface area contributed by atoms with Gasteiger partial charge in [-0.25, -0.2) is 0 Å². The minimum absolute atomic E-state index is 0.121. The Balaban J connectivity index is 2.66. The van der Waals surface area contributed by atoms with E-state index < -0.39 is 0 Å². The monoisotopic (exact) mass is 314 g/mol. The first kappa shape index (κ1) is 15.0. The molecule has 100 valence electrons. The van der Waals surface area contributed by atoms with Gasteiger partial charge in [0.25, 0.3) is 5.91 Å². The summed E-state index contributed by atoms with van der Waals surface area (Å²) in [6.45, 7) is 5.54. The second-order valence-corrected chi connectivity index (χ2v) is 4.93. The first-order valence-electron chi connectivity index (χ1n) is 5.93. The van der Waals surface area contributed by atoms with Crippen LogP contribution in [-0.4, -0.2) is 32.1 Å².